The van der Waals surface area contributed by atoms with Gasteiger partial charge in [-0.05, 0) is 43.5 Å². The van der Waals surface area contributed by atoms with E-state index in [1.54, 1.807) is 12.4 Å². The molecule has 1 heterocycles. The first kappa shape index (κ1) is 15.6. The Morgan fingerprint density at radius 1 is 1.14 bits per heavy atom. The summed E-state index contributed by atoms with van der Waals surface area (Å²) in [5.74, 6) is 1.59. The van der Waals surface area contributed by atoms with Gasteiger partial charge in [0.1, 0.15) is 18.2 Å². The van der Waals surface area contributed by atoms with Gasteiger partial charge in [-0.2, -0.15) is 0 Å². The summed E-state index contributed by atoms with van der Waals surface area (Å²) in [7, 11) is 0. The molecule has 112 valence electrons. The molecule has 0 saturated heterocycles. The molecule has 2 aromatic rings. The molecule has 0 aliphatic carbocycles. The van der Waals surface area contributed by atoms with Gasteiger partial charge in [-0.15, -0.1) is 0 Å². The summed E-state index contributed by atoms with van der Waals surface area (Å²) in [5, 5.41) is 3.97. The zero-order valence-corrected chi connectivity index (χ0v) is 13.4. The number of aromatic nitrogens is 2. The number of ether oxygens (including phenoxy) is 1. The molecule has 0 amide bonds. The Balaban J connectivity index is 1.96. The second-order valence-electron chi connectivity index (χ2n) is 4.98. The standard InChI is InChI=1S/C16H20ClN3O/c1-4-5-18-15-9-19-13(8-20-15)10-21-14-6-11(2)16(17)12(3)7-14/h6-9H,4-5,10H2,1-3H3,(H,18,20). The zero-order chi connectivity index (χ0) is 15.2. The van der Waals surface area contributed by atoms with Crippen molar-refractivity contribution in [1.29, 1.82) is 0 Å². The van der Waals surface area contributed by atoms with Gasteiger partial charge in [0, 0.05) is 11.6 Å². The van der Waals surface area contributed by atoms with Crippen LogP contribution in [-0.2, 0) is 6.61 Å². The third-order valence-electron chi connectivity index (χ3n) is 3.06. The molecule has 5 heteroatoms. The van der Waals surface area contributed by atoms with Gasteiger partial charge in [-0.25, -0.2) is 4.98 Å². The molecule has 2 rings (SSSR count). The molecular formula is C16H20ClN3O. The molecule has 0 atom stereocenters. The minimum absolute atomic E-state index is 0.390. The second-order valence-corrected chi connectivity index (χ2v) is 5.36. The Bertz CT molecular complexity index is 576. The first-order valence-corrected chi connectivity index (χ1v) is 7.42. The topological polar surface area (TPSA) is 47.0 Å². The minimum Gasteiger partial charge on any atom is -0.487 e. The summed E-state index contributed by atoms with van der Waals surface area (Å²) in [4.78, 5) is 8.64. The summed E-state index contributed by atoms with van der Waals surface area (Å²) in [6.45, 7) is 7.33. The lowest BCUT2D eigenvalue weighted by molar-refractivity contribution is 0.300. The maximum Gasteiger partial charge on any atom is 0.144 e. The van der Waals surface area contributed by atoms with Crippen molar-refractivity contribution < 1.29 is 4.74 Å². The Morgan fingerprint density at radius 2 is 1.86 bits per heavy atom. The fraction of sp³-hybridized carbons (Fsp3) is 0.375. The van der Waals surface area contributed by atoms with Crippen molar-refractivity contribution in [2.75, 3.05) is 11.9 Å². The molecule has 0 fully saturated rings. The van der Waals surface area contributed by atoms with E-state index in [2.05, 4.69) is 22.2 Å². The van der Waals surface area contributed by atoms with E-state index in [9.17, 15) is 0 Å². The van der Waals surface area contributed by atoms with Crippen LogP contribution in [0.5, 0.6) is 5.75 Å². The quantitative estimate of drug-likeness (QED) is 0.871. The maximum absolute atomic E-state index is 6.14. The summed E-state index contributed by atoms with van der Waals surface area (Å²) >= 11 is 6.14. The number of halogens is 1. The Kier molecular flexibility index (Phi) is 5.39. The summed E-state index contributed by atoms with van der Waals surface area (Å²) in [6, 6.07) is 3.86. The molecule has 0 saturated carbocycles. The third-order valence-corrected chi connectivity index (χ3v) is 3.65. The molecular weight excluding hydrogens is 286 g/mol. The molecule has 1 N–H and O–H groups in total. The summed E-state index contributed by atoms with van der Waals surface area (Å²) < 4.78 is 5.75. The predicted octanol–water partition coefficient (Wildman–Crippen LogP) is 4.15. The highest BCUT2D eigenvalue weighted by molar-refractivity contribution is 6.32. The summed E-state index contributed by atoms with van der Waals surface area (Å²) in [5.41, 5.74) is 2.82. The molecule has 1 aromatic heterocycles. The first-order valence-electron chi connectivity index (χ1n) is 7.04. The van der Waals surface area contributed by atoms with E-state index in [4.69, 9.17) is 16.3 Å². The van der Waals surface area contributed by atoms with Crippen LogP contribution in [0.4, 0.5) is 5.82 Å². The maximum atomic E-state index is 6.14. The van der Waals surface area contributed by atoms with E-state index < -0.39 is 0 Å². The fourth-order valence-corrected chi connectivity index (χ4v) is 2.03. The highest BCUT2D eigenvalue weighted by atomic mass is 35.5. The molecule has 0 aliphatic rings. The number of benzene rings is 1. The van der Waals surface area contributed by atoms with Crippen molar-refractivity contribution in [1.82, 2.24) is 9.97 Å². The number of hydrogen-bond donors (Lipinski definition) is 1. The second kappa shape index (κ2) is 7.27. The van der Waals surface area contributed by atoms with E-state index in [-0.39, 0.29) is 0 Å². The first-order chi connectivity index (χ1) is 10.1. The van der Waals surface area contributed by atoms with E-state index in [0.717, 1.165) is 46.4 Å². The largest absolute Gasteiger partial charge is 0.487 e. The van der Waals surface area contributed by atoms with Crippen molar-refractivity contribution in [2.24, 2.45) is 0 Å². The van der Waals surface area contributed by atoms with Gasteiger partial charge >= 0.3 is 0 Å². The Hall–Kier alpha value is -1.81. The average Bonchev–Trinajstić information content (AvgIpc) is 2.49. The van der Waals surface area contributed by atoms with Gasteiger partial charge < -0.3 is 10.1 Å². The van der Waals surface area contributed by atoms with Crippen molar-refractivity contribution >= 4 is 17.4 Å². The van der Waals surface area contributed by atoms with Gasteiger partial charge in [0.2, 0.25) is 0 Å². The number of hydrogen-bond acceptors (Lipinski definition) is 4. The van der Waals surface area contributed by atoms with Gasteiger partial charge in [0.25, 0.3) is 0 Å². The molecule has 21 heavy (non-hydrogen) atoms. The SMILES string of the molecule is CCCNc1cnc(COc2cc(C)c(Cl)c(C)c2)cn1. The van der Waals surface area contributed by atoms with Crippen LogP contribution in [0.2, 0.25) is 5.02 Å². The summed E-state index contributed by atoms with van der Waals surface area (Å²) in [6.07, 6.45) is 4.52. The molecule has 0 unspecified atom stereocenters. The van der Waals surface area contributed by atoms with Crippen molar-refractivity contribution in [3.63, 3.8) is 0 Å². The molecule has 0 aliphatic heterocycles. The number of anilines is 1. The van der Waals surface area contributed by atoms with Crippen LogP contribution in [0.1, 0.15) is 30.2 Å². The van der Waals surface area contributed by atoms with Crippen LogP contribution in [0, 0.1) is 13.8 Å². The van der Waals surface area contributed by atoms with Crippen molar-refractivity contribution in [3.8, 4) is 5.75 Å². The highest BCUT2D eigenvalue weighted by Crippen LogP contribution is 2.26. The number of nitrogens with one attached hydrogen (secondary N) is 1. The van der Waals surface area contributed by atoms with Crippen LogP contribution in [0.15, 0.2) is 24.5 Å². The van der Waals surface area contributed by atoms with Gasteiger partial charge in [-0.3, -0.25) is 4.98 Å². The molecule has 1 aromatic carbocycles. The number of nitrogens with zero attached hydrogens (tertiary/aromatic N) is 2. The van der Waals surface area contributed by atoms with E-state index in [1.165, 1.54) is 0 Å². The van der Waals surface area contributed by atoms with E-state index in [0.29, 0.717) is 6.61 Å². The van der Waals surface area contributed by atoms with Gasteiger partial charge in [0.15, 0.2) is 0 Å². The van der Waals surface area contributed by atoms with Crippen molar-refractivity contribution in [3.05, 3.63) is 46.4 Å². The lowest BCUT2D eigenvalue weighted by Gasteiger charge is -2.10. The lowest BCUT2D eigenvalue weighted by atomic mass is 10.1. The van der Waals surface area contributed by atoms with Crippen LogP contribution in [0.3, 0.4) is 0 Å². The number of aryl methyl sites for hydroxylation is 2. The van der Waals surface area contributed by atoms with Gasteiger partial charge in [-0.1, -0.05) is 18.5 Å². The lowest BCUT2D eigenvalue weighted by Crippen LogP contribution is -2.04. The predicted molar refractivity (Wildman–Crippen MR) is 86.1 cm³/mol. The Labute approximate surface area is 130 Å². The number of rotatable bonds is 6. The van der Waals surface area contributed by atoms with Crippen LogP contribution in [-0.4, -0.2) is 16.5 Å². The smallest absolute Gasteiger partial charge is 0.144 e. The zero-order valence-electron chi connectivity index (χ0n) is 12.6. The minimum atomic E-state index is 0.390. The van der Waals surface area contributed by atoms with Crippen molar-refractivity contribution in [2.45, 2.75) is 33.8 Å². The van der Waals surface area contributed by atoms with Crippen LogP contribution >= 0.6 is 11.6 Å². The molecule has 4 nitrogen and oxygen atoms in total. The fourth-order valence-electron chi connectivity index (χ4n) is 1.92. The van der Waals surface area contributed by atoms with E-state index in [1.807, 2.05) is 26.0 Å². The van der Waals surface area contributed by atoms with Crippen LogP contribution in [0.25, 0.3) is 0 Å². The third kappa shape index (κ3) is 4.33. The monoisotopic (exact) mass is 305 g/mol. The Morgan fingerprint density at radius 3 is 2.43 bits per heavy atom. The average molecular weight is 306 g/mol. The van der Waals surface area contributed by atoms with Gasteiger partial charge in [0.05, 0.1) is 18.1 Å². The highest BCUT2D eigenvalue weighted by Gasteiger charge is 2.04. The molecule has 0 spiro atoms. The normalized spacial score (nSPS) is 10.5. The van der Waals surface area contributed by atoms with Crippen LogP contribution < -0.4 is 10.1 Å². The molecule has 0 bridgehead atoms. The molecule has 0 radical (unpaired) electrons. The van der Waals surface area contributed by atoms with E-state index >= 15 is 0 Å².